The summed E-state index contributed by atoms with van der Waals surface area (Å²) in [5.74, 6) is -0.414. The van der Waals surface area contributed by atoms with Crippen LogP contribution in [0.1, 0.15) is 24.8 Å². The minimum absolute atomic E-state index is 0.219. The number of halogens is 1. The molecule has 1 fully saturated rings. The van der Waals surface area contributed by atoms with Crippen LogP contribution in [0.3, 0.4) is 0 Å². The number of hydrogen-bond donors (Lipinski definition) is 2. The van der Waals surface area contributed by atoms with Crippen molar-refractivity contribution in [3.8, 4) is 0 Å². The van der Waals surface area contributed by atoms with Crippen molar-refractivity contribution in [3.63, 3.8) is 0 Å². The van der Waals surface area contributed by atoms with Gasteiger partial charge in [-0.05, 0) is 49.1 Å². The lowest BCUT2D eigenvalue weighted by Crippen LogP contribution is -2.32. The standard InChI is InChI=1S/C12H17BFNO2/c14-12-7-10(6-11(8-12)13(16)17)9-15-4-2-1-3-5-15/h6-8,16-17H,1-5,9H2. The van der Waals surface area contributed by atoms with E-state index >= 15 is 0 Å². The maximum absolute atomic E-state index is 13.3. The average Bonchev–Trinajstić information content (AvgIpc) is 2.29. The molecule has 0 bridgehead atoms. The predicted octanol–water partition coefficient (Wildman–Crippen LogP) is 0.491. The molecule has 0 unspecified atom stereocenters. The van der Waals surface area contributed by atoms with Gasteiger partial charge in [0, 0.05) is 6.54 Å². The molecule has 17 heavy (non-hydrogen) atoms. The molecule has 2 rings (SSSR count). The van der Waals surface area contributed by atoms with Crippen LogP contribution < -0.4 is 5.46 Å². The number of hydrogen-bond acceptors (Lipinski definition) is 3. The Labute approximate surface area is 101 Å². The van der Waals surface area contributed by atoms with Crippen LogP contribution in [0.2, 0.25) is 0 Å². The summed E-state index contributed by atoms with van der Waals surface area (Å²) in [5, 5.41) is 18.1. The van der Waals surface area contributed by atoms with E-state index in [4.69, 9.17) is 10.0 Å². The third-order valence-electron chi connectivity index (χ3n) is 3.13. The number of rotatable bonds is 3. The Balaban J connectivity index is 2.09. The smallest absolute Gasteiger partial charge is 0.423 e. The van der Waals surface area contributed by atoms with E-state index in [1.54, 1.807) is 6.07 Å². The van der Waals surface area contributed by atoms with Crippen LogP contribution in [0.4, 0.5) is 4.39 Å². The number of likely N-dealkylation sites (tertiary alicyclic amines) is 1. The molecule has 3 nitrogen and oxygen atoms in total. The first kappa shape index (κ1) is 12.5. The molecule has 0 saturated carbocycles. The second-order valence-corrected chi connectivity index (χ2v) is 4.60. The molecule has 0 aromatic heterocycles. The summed E-state index contributed by atoms with van der Waals surface area (Å²) >= 11 is 0. The van der Waals surface area contributed by atoms with E-state index in [1.165, 1.54) is 25.3 Å². The quantitative estimate of drug-likeness (QED) is 0.752. The summed E-state index contributed by atoms with van der Waals surface area (Å²) in [6, 6.07) is 4.27. The van der Waals surface area contributed by atoms with Crippen LogP contribution in [0.15, 0.2) is 18.2 Å². The SMILES string of the molecule is OB(O)c1cc(F)cc(CN2CCCCC2)c1. The molecule has 0 aliphatic carbocycles. The Morgan fingerprint density at radius 1 is 1.12 bits per heavy atom. The highest BCUT2D eigenvalue weighted by atomic mass is 19.1. The van der Waals surface area contributed by atoms with Crippen LogP contribution in [0.5, 0.6) is 0 Å². The monoisotopic (exact) mass is 237 g/mol. The van der Waals surface area contributed by atoms with Crippen molar-refractivity contribution >= 4 is 12.6 Å². The fraction of sp³-hybridized carbons (Fsp3) is 0.500. The van der Waals surface area contributed by atoms with Crippen LogP contribution >= 0.6 is 0 Å². The molecular formula is C12H17BFNO2. The van der Waals surface area contributed by atoms with Gasteiger partial charge in [0.15, 0.2) is 0 Å². The molecule has 0 spiro atoms. The molecule has 5 heteroatoms. The van der Waals surface area contributed by atoms with E-state index in [-0.39, 0.29) is 5.46 Å². The van der Waals surface area contributed by atoms with Gasteiger partial charge in [0.05, 0.1) is 0 Å². The van der Waals surface area contributed by atoms with Gasteiger partial charge in [-0.2, -0.15) is 0 Å². The van der Waals surface area contributed by atoms with E-state index in [9.17, 15) is 4.39 Å². The normalized spacial score (nSPS) is 17.1. The first-order valence-electron chi connectivity index (χ1n) is 6.03. The predicted molar refractivity (Wildman–Crippen MR) is 65.4 cm³/mol. The summed E-state index contributed by atoms with van der Waals surface area (Å²) in [5.41, 5.74) is 1.02. The second-order valence-electron chi connectivity index (χ2n) is 4.60. The van der Waals surface area contributed by atoms with Crippen LogP contribution in [0.25, 0.3) is 0 Å². The maximum atomic E-state index is 13.3. The minimum Gasteiger partial charge on any atom is -0.423 e. The van der Waals surface area contributed by atoms with E-state index in [1.807, 2.05) is 0 Å². The lowest BCUT2D eigenvalue weighted by atomic mass is 9.79. The second kappa shape index (κ2) is 5.62. The fourth-order valence-corrected chi connectivity index (χ4v) is 2.29. The van der Waals surface area contributed by atoms with E-state index in [0.717, 1.165) is 24.7 Å². The first-order valence-corrected chi connectivity index (χ1v) is 6.03. The highest BCUT2D eigenvalue weighted by Crippen LogP contribution is 2.13. The summed E-state index contributed by atoms with van der Waals surface area (Å²) in [6.07, 6.45) is 3.63. The van der Waals surface area contributed by atoms with Crippen molar-refractivity contribution in [2.45, 2.75) is 25.8 Å². The van der Waals surface area contributed by atoms with Crippen LogP contribution in [0, 0.1) is 5.82 Å². The molecule has 92 valence electrons. The van der Waals surface area contributed by atoms with Gasteiger partial charge in [0.1, 0.15) is 5.82 Å². The molecule has 1 saturated heterocycles. The highest BCUT2D eigenvalue weighted by Gasteiger charge is 2.15. The molecule has 2 N–H and O–H groups in total. The number of benzene rings is 1. The largest absolute Gasteiger partial charge is 0.488 e. The van der Waals surface area contributed by atoms with Gasteiger partial charge in [-0.15, -0.1) is 0 Å². The Morgan fingerprint density at radius 2 is 1.82 bits per heavy atom. The minimum atomic E-state index is -1.61. The van der Waals surface area contributed by atoms with Crippen molar-refractivity contribution in [3.05, 3.63) is 29.6 Å². The van der Waals surface area contributed by atoms with Gasteiger partial charge in [-0.3, -0.25) is 4.90 Å². The van der Waals surface area contributed by atoms with Gasteiger partial charge in [0.25, 0.3) is 0 Å². The van der Waals surface area contributed by atoms with Crippen LogP contribution in [-0.2, 0) is 6.54 Å². The van der Waals surface area contributed by atoms with Gasteiger partial charge in [0.2, 0.25) is 0 Å². The van der Waals surface area contributed by atoms with Crippen molar-refractivity contribution < 1.29 is 14.4 Å². The number of piperidine rings is 1. The molecular weight excluding hydrogens is 220 g/mol. The lowest BCUT2D eigenvalue weighted by Gasteiger charge is -2.26. The Bertz CT molecular complexity index is 381. The Hall–Kier alpha value is -0.905. The summed E-state index contributed by atoms with van der Waals surface area (Å²) < 4.78 is 13.3. The molecule has 1 aliphatic rings. The molecule has 1 aromatic rings. The molecule has 0 radical (unpaired) electrons. The zero-order valence-electron chi connectivity index (χ0n) is 9.77. The maximum Gasteiger partial charge on any atom is 0.488 e. The lowest BCUT2D eigenvalue weighted by molar-refractivity contribution is 0.220. The Kier molecular flexibility index (Phi) is 4.15. The topological polar surface area (TPSA) is 43.7 Å². The van der Waals surface area contributed by atoms with E-state index in [2.05, 4.69) is 4.90 Å². The molecule has 1 aliphatic heterocycles. The highest BCUT2D eigenvalue weighted by molar-refractivity contribution is 6.58. The molecule has 1 heterocycles. The van der Waals surface area contributed by atoms with Crippen molar-refractivity contribution in [1.29, 1.82) is 0 Å². The zero-order chi connectivity index (χ0) is 12.3. The third kappa shape index (κ3) is 3.53. The van der Waals surface area contributed by atoms with E-state index < -0.39 is 12.9 Å². The Morgan fingerprint density at radius 3 is 2.47 bits per heavy atom. The van der Waals surface area contributed by atoms with Gasteiger partial charge >= 0.3 is 7.12 Å². The summed E-state index contributed by atoms with van der Waals surface area (Å²) in [4.78, 5) is 2.27. The third-order valence-corrected chi connectivity index (χ3v) is 3.13. The number of nitrogens with zero attached hydrogens (tertiary/aromatic N) is 1. The summed E-state index contributed by atoms with van der Waals surface area (Å²) in [7, 11) is -1.61. The van der Waals surface area contributed by atoms with Gasteiger partial charge < -0.3 is 10.0 Å². The zero-order valence-corrected chi connectivity index (χ0v) is 9.77. The molecule has 1 aromatic carbocycles. The van der Waals surface area contributed by atoms with Crippen molar-refractivity contribution in [1.82, 2.24) is 4.90 Å². The van der Waals surface area contributed by atoms with Crippen LogP contribution in [-0.4, -0.2) is 35.2 Å². The fourth-order valence-electron chi connectivity index (χ4n) is 2.29. The first-order chi connectivity index (χ1) is 8.15. The van der Waals surface area contributed by atoms with Gasteiger partial charge in [-0.1, -0.05) is 12.5 Å². The summed E-state index contributed by atoms with van der Waals surface area (Å²) in [6.45, 7) is 2.75. The molecule has 0 amide bonds. The van der Waals surface area contributed by atoms with E-state index in [0.29, 0.717) is 6.54 Å². The van der Waals surface area contributed by atoms with Gasteiger partial charge in [-0.25, -0.2) is 4.39 Å². The van der Waals surface area contributed by atoms with Crippen molar-refractivity contribution in [2.24, 2.45) is 0 Å². The molecule has 0 atom stereocenters. The van der Waals surface area contributed by atoms with Crippen molar-refractivity contribution in [2.75, 3.05) is 13.1 Å². The average molecular weight is 237 g/mol.